The van der Waals surface area contributed by atoms with E-state index in [0.717, 1.165) is 24.2 Å². The van der Waals surface area contributed by atoms with Crippen LogP contribution in [-0.4, -0.2) is 24.2 Å². The van der Waals surface area contributed by atoms with Crippen molar-refractivity contribution in [1.82, 2.24) is 4.98 Å². The fourth-order valence-corrected chi connectivity index (χ4v) is 2.32. The molecule has 1 aliphatic carbocycles. The molecule has 0 fully saturated rings. The standard InChI is InChI=1S/C15H22N2O/c1-17(2)15-9-8-13(11-16-15)14(18)10-12-6-4-3-5-7-12/h6,8-9,11,14,18H,3-5,7,10H2,1-2H3. The van der Waals surface area contributed by atoms with Crippen LogP contribution in [0.1, 0.15) is 43.8 Å². The predicted molar refractivity (Wildman–Crippen MR) is 74.7 cm³/mol. The third kappa shape index (κ3) is 3.33. The van der Waals surface area contributed by atoms with Crippen LogP contribution in [0.3, 0.4) is 0 Å². The van der Waals surface area contributed by atoms with Gasteiger partial charge in [-0.3, -0.25) is 0 Å². The maximum Gasteiger partial charge on any atom is 0.127 e. The molecule has 1 heterocycles. The summed E-state index contributed by atoms with van der Waals surface area (Å²) in [7, 11) is 3.93. The van der Waals surface area contributed by atoms with Crippen LogP contribution in [0.4, 0.5) is 5.82 Å². The highest BCUT2D eigenvalue weighted by Gasteiger charge is 2.12. The van der Waals surface area contributed by atoms with Crippen molar-refractivity contribution < 1.29 is 5.11 Å². The first-order valence-electron chi connectivity index (χ1n) is 6.66. The summed E-state index contributed by atoms with van der Waals surface area (Å²) < 4.78 is 0. The minimum atomic E-state index is -0.418. The summed E-state index contributed by atoms with van der Waals surface area (Å²) in [4.78, 5) is 6.30. The van der Waals surface area contributed by atoms with Crippen molar-refractivity contribution in [2.75, 3.05) is 19.0 Å². The summed E-state index contributed by atoms with van der Waals surface area (Å²) in [6.07, 6.45) is 9.26. The van der Waals surface area contributed by atoms with Gasteiger partial charge in [0.15, 0.2) is 0 Å². The van der Waals surface area contributed by atoms with E-state index in [-0.39, 0.29) is 0 Å². The Morgan fingerprint density at radius 1 is 1.33 bits per heavy atom. The third-order valence-electron chi connectivity index (χ3n) is 3.45. The number of allylic oxidation sites excluding steroid dienone is 1. The van der Waals surface area contributed by atoms with E-state index in [4.69, 9.17) is 0 Å². The fraction of sp³-hybridized carbons (Fsp3) is 0.533. The maximum atomic E-state index is 10.2. The van der Waals surface area contributed by atoms with Crippen LogP contribution >= 0.6 is 0 Å². The summed E-state index contributed by atoms with van der Waals surface area (Å²) in [5, 5.41) is 10.2. The number of rotatable bonds is 4. The highest BCUT2D eigenvalue weighted by atomic mass is 16.3. The lowest BCUT2D eigenvalue weighted by Crippen LogP contribution is -2.11. The molecule has 1 unspecified atom stereocenters. The zero-order valence-corrected chi connectivity index (χ0v) is 11.3. The second kappa shape index (κ2) is 6.01. The second-order valence-electron chi connectivity index (χ2n) is 5.17. The van der Waals surface area contributed by atoms with Crippen LogP contribution in [-0.2, 0) is 0 Å². The minimum absolute atomic E-state index is 0.418. The van der Waals surface area contributed by atoms with Crippen molar-refractivity contribution in [3.63, 3.8) is 0 Å². The van der Waals surface area contributed by atoms with Crippen molar-refractivity contribution >= 4 is 5.82 Å². The van der Waals surface area contributed by atoms with Gasteiger partial charge in [0.1, 0.15) is 5.82 Å². The Kier molecular flexibility index (Phi) is 4.37. The molecule has 2 rings (SSSR count). The SMILES string of the molecule is CN(C)c1ccc(C(O)CC2=CCCCC2)cn1. The van der Waals surface area contributed by atoms with E-state index >= 15 is 0 Å². The zero-order chi connectivity index (χ0) is 13.0. The Labute approximate surface area is 109 Å². The number of pyridine rings is 1. The van der Waals surface area contributed by atoms with E-state index < -0.39 is 6.10 Å². The molecule has 0 amide bonds. The average Bonchev–Trinajstić information content (AvgIpc) is 2.40. The monoisotopic (exact) mass is 246 g/mol. The molecule has 1 aromatic heterocycles. The average molecular weight is 246 g/mol. The number of nitrogens with zero attached hydrogens (tertiary/aromatic N) is 2. The van der Waals surface area contributed by atoms with E-state index in [1.54, 1.807) is 6.20 Å². The molecule has 0 bridgehead atoms. The van der Waals surface area contributed by atoms with Crippen molar-refractivity contribution in [2.45, 2.75) is 38.2 Å². The number of hydrogen-bond donors (Lipinski definition) is 1. The van der Waals surface area contributed by atoms with Crippen LogP contribution in [0.25, 0.3) is 0 Å². The van der Waals surface area contributed by atoms with Gasteiger partial charge in [0.25, 0.3) is 0 Å². The molecule has 3 heteroatoms. The van der Waals surface area contributed by atoms with Gasteiger partial charge in [0, 0.05) is 20.3 Å². The summed E-state index contributed by atoms with van der Waals surface area (Å²) in [5.41, 5.74) is 2.30. The molecular weight excluding hydrogens is 224 g/mol. The molecule has 1 N–H and O–H groups in total. The first-order valence-corrected chi connectivity index (χ1v) is 6.66. The Morgan fingerprint density at radius 3 is 2.72 bits per heavy atom. The molecule has 1 atom stereocenters. The normalized spacial score (nSPS) is 17.2. The number of aromatic nitrogens is 1. The summed E-state index contributed by atoms with van der Waals surface area (Å²) in [6.45, 7) is 0. The van der Waals surface area contributed by atoms with E-state index in [1.165, 1.54) is 24.8 Å². The molecule has 18 heavy (non-hydrogen) atoms. The lowest BCUT2D eigenvalue weighted by molar-refractivity contribution is 0.176. The van der Waals surface area contributed by atoms with Crippen LogP contribution < -0.4 is 4.90 Å². The Bertz CT molecular complexity index is 409. The third-order valence-corrected chi connectivity index (χ3v) is 3.45. The molecule has 0 spiro atoms. The Balaban J connectivity index is 1.99. The second-order valence-corrected chi connectivity index (χ2v) is 5.17. The lowest BCUT2D eigenvalue weighted by Gasteiger charge is -2.17. The summed E-state index contributed by atoms with van der Waals surface area (Å²) in [5.74, 6) is 0.919. The van der Waals surface area contributed by atoms with Crippen molar-refractivity contribution in [1.29, 1.82) is 0 Å². The molecule has 3 nitrogen and oxygen atoms in total. The number of aliphatic hydroxyl groups is 1. The van der Waals surface area contributed by atoms with Gasteiger partial charge in [-0.25, -0.2) is 4.98 Å². The molecule has 98 valence electrons. The molecule has 0 radical (unpaired) electrons. The fourth-order valence-electron chi connectivity index (χ4n) is 2.32. The lowest BCUT2D eigenvalue weighted by atomic mass is 9.93. The quantitative estimate of drug-likeness (QED) is 0.829. The smallest absolute Gasteiger partial charge is 0.127 e. The Hall–Kier alpha value is -1.35. The molecule has 0 aromatic carbocycles. The van der Waals surface area contributed by atoms with E-state index in [2.05, 4.69) is 11.1 Å². The molecule has 0 aliphatic heterocycles. The van der Waals surface area contributed by atoms with Crippen LogP contribution in [0, 0.1) is 0 Å². The molecular formula is C15H22N2O. The van der Waals surface area contributed by atoms with Crippen molar-refractivity contribution in [2.24, 2.45) is 0 Å². The van der Waals surface area contributed by atoms with E-state index in [1.807, 2.05) is 31.1 Å². The van der Waals surface area contributed by atoms with E-state index in [0.29, 0.717) is 0 Å². The summed E-state index contributed by atoms with van der Waals surface area (Å²) in [6, 6.07) is 3.92. The summed E-state index contributed by atoms with van der Waals surface area (Å²) >= 11 is 0. The molecule has 1 aromatic rings. The van der Waals surface area contributed by atoms with E-state index in [9.17, 15) is 5.11 Å². The van der Waals surface area contributed by atoms with Gasteiger partial charge in [-0.05, 0) is 43.7 Å². The predicted octanol–water partition coefficient (Wildman–Crippen LogP) is 3.07. The largest absolute Gasteiger partial charge is 0.388 e. The minimum Gasteiger partial charge on any atom is -0.388 e. The molecule has 1 aliphatic rings. The number of anilines is 1. The highest BCUT2D eigenvalue weighted by Crippen LogP contribution is 2.27. The Morgan fingerprint density at radius 2 is 2.17 bits per heavy atom. The van der Waals surface area contributed by atoms with Crippen LogP contribution in [0.2, 0.25) is 0 Å². The van der Waals surface area contributed by atoms with Crippen LogP contribution in [0.15, 0.2) is 30.0 Å². The van der Waals surface area contributed by atoms with Gasteiger partial charge in [-0.15, -0.1) is 0 Å². The van der Waals surface area contributed by atoms with Gasteiger partial charge >= 0.3 is 0 Å². The number of hydrogen-bond acceptors (Lipinski definition) is 3. The first-order chi connectivity index (χ1) is 8.66. The van der Waals surface area contributed by atoms with Gasteiger partial charge in [-0.2, -0.15) is 0 Å². The topological polar surface area (TPSA) is 36.4 Å². The molecule has 0 saturated heterocycles. The molecule has 0 saturated carbocycles. The number of aliphatic hydroxyl groups excluding tert-OH is 1. The van der Waals surface area contributed by atoms with Gasteiger partial charge < -0.3 is 10.0 Å². The van der Waals surface area contributed by atoms with Crippen LogP contribution in [0.5, 0.6) is 0 Å². The van der Waals surface area contributed by atoms with Crippen molar-refractivity contribution in [3.8, 4) is 0 Å². The first kappa shape index (κ1) is 13.1. The highest BCUT2D eigenvalue weighted by molar-refractivity contribution is 5.37. The van der Waals surface area contributed by atoms with Gasteiger partial charge in [-0.1, -0.05) is 17.7 Å². The maximum absolute atomic E-state index is 10.2. The van der Waals surface area contributed by atoms with Gasteiger partial charge in [0.05, 0.1) is 6.10 Å². The zero-order valence-electron chi connectivity index (χ0n) is 11.3. The van der Waals surface area contributed by atoms with Gasteiger partial charge in [0.2, 0.25) is 0 Å². The van der Waals surface area contributed by atoms with Crippen molar-refractivity contribution in [3.05, 3.63) is 35.5 Å².